The van der Waals surface area contributed by atoms with Gasteiger partial charge < -0.3 is 19.7 Å². The average Bonchev–Trinajstić information content (AvgIpc) is 2.79. The van der Waals surface area contributed by atoms with E-state index in [1.807, 2.05) is 44.2 Å². The molecule has 1 aliphatic rings. The Balaban J connectivity index is 0.000000414. The summed E-state index contributed by atoms with van der Waals surface area (Å²) in [5.74, 6) is -2.04. The van der Waals surface area contributed by atoms with Crippen molar-refractivity contribution in [3.63, 3.8) is 0 Å². The molecule has 2 aromatic rings. The molecule has 10 nitrogen and oxygen atoms in total. The molecule has 1 atom stereocenters. The predicted molar refractivity (Wildman–Crippen MR) is 121 cm³/mol. The van der Waals surface area contributed by atoms with Gasteiger partial charge in [-0.1, -0.05) is 30.3 Å². The van der Waals surface area contributed by atoms with Crippen LogP contribution in [0.5, 0.6) is 5.88 Å². The molecule has 1 aliphatic heterocycles. The molecule has 0 radical (unpaired) electrons. The van der Waals surface area contributed by atoms with E-state index in [0.717, 1.165) is 31.9 Å². The van der Waals surface area contributed by atoms with Gasteiger partial charge in [-0.15, -0.1) is 5.10 Å². The number of nitrogens with zero attached hydrogens (tertiary/aromatic N) is 3. The third-order valence-electron chi connectivity index (χ3n) is 4.54. The minimum absolute atomic E-state index is 0.00729. The molecular weight excluding hydrogens is 430 g/mol. The first-order valence-electron chi connectivity index (χ1n) is 10.5. The largest absolute Gasteiger partial charge is 0.478 e. The number of aliphatic carboxylic acids is 2. The lowest BCUT2D eigenvalue weighted by molar-refractivity contribution is -0.134. The van der Waals surface area contributed by atoms with E-state index in [1.54, 1.807) is 10.7 Å². The summed E-state index contributed by atoms with van der Waals surface area (Å²) in [6.45, 7) is 7.77. The molecule has 178 valence electrons. The summed E-state index contributed by atoms with van der Waals surface area (Å²) in [4.78, 5) is 33.9. The van der Waals surface area contributed by atoms with E-state index in [1.165, 1.54) is 6.07 Å². The first-order chi connectivity index (χ1) is 15.8. The normalized spacial score (nSPS) is 15.0. The molecule has 0 amide bonds. The van der Waals surface area contributed by atoms with Gasteiger partial charge in [0.25, 0.3) is 5.56 Å². The Kier molecular flexibility index (Phi) is 10.3. The molecule has 1 saturated heterocycles. The van der Waals surface area contributed by atoms with Crippen LogP contribution in [-0.2, 0) is 14.3 Å². The molecule has 1 fully saturated rings. The molecule has 1 unspecified atom stereocenters. The van der Waals surface area contributed by atoms with Crippen LogP contribution in [0.15, 0.2) is 59.4 Å². The number of hydrogen-bond donors (Lipinski definition) is 2. The van der Waals surface area contributed by atoms with Crippen molar-refractivity contribution in [1.82, 2.24) is 14.7 Å². The van der Waals surface area contributed by atoms with Crippen LogP contribution in [0, 0.1) is 0 Å². The lowest BCUT2D eigenvalue weighted by Gasteiger charge is -2.31. The Hall–Kier alpha value is -3.50. The minimum Gasteiger partial charge on any atom is -0.478 e. The number of carboxylic acid groups (broad SMARTS) is 2. The Morgan fingerprint density at radius 1 is 1.06 bits per heavy atom. The summed E-state index contributed by atoms with van der Waals surface area (Å²) in [6, 6.07) is 13.0. The van der Waals surface area contributed by atoms with Crippen LogP contribution < -0.4 is 10.3 Å². The van der Waals surface area contributed by atoms with Crippen LogP contribution in [-0.4, -0.2) is 75.8 Å². The van der Waals surface area contributed by atoms with Crippen LogP contribution in [0.1, 0.15) is 25.5 Å². The van der Waals surface area contributed by atoms with Crippen molar-refractivity contribution in [2.45, 2.75) is 26.0 Å². The zero-order valence-electron chi connectivity index (χ0n) is 18.7. The Morgan fingerprint density at radius 3 is 2.21 bits per heavy atom. The van der Waals surface area contributed by atoms with Gasteiger partial charge in [0.2, 0.25) is 5.88 Å². The van der Waals surface area contributed by atoms with E-state index >= 15 is 0 Å². The number of hydrogen-bond acceptors (Lipinski definition) is 7. The molecule has 1 aromatic heterocycles. The van der Waals surface area contributed by atoms with E-state index < -0.39 is 11.9 Å². The topological polar surface area (TPSA) is 131 Å². The number of rotatable bonds is 8. The maximum Gasteiger partial charge on any atom is 0.328 e. The molecule has 33 heavy (non-hydrogen) atoms. The van der Waals surface area contributed by atoms with Crippen LogP contribution in [0.4, 0.5) is 0 Å². The standard InChI is InChI=1S/C19H25N3O3.C4H4O4/c1-15(2)25-18-8-9-19(23)22(20-18)17(16-6-4-3-5-7-16)14-21-10-12-24-13-11-21;5-3(6)1-2-4(7)8/h3-9,15,17H,10-14H2,1-2H3;1-2H,(H,5,6)(H,7,8)/b;2-1-. The van der Waals surface area contributed by atoms with Gasteiger partial charge in [-0.25, -0.2) is 14.3 Å². The van der Waals surface area contributed by atoms with Crippen LogP contribution in [0.3, 0.4) is 0 Å². The molecule has 1 aromatic carbocycles. The van der Waals surface area contributed by atoms with Crippen molar-refractivity contribution < 1.29 is 29.3 Å². The second-order valence-electron chi connectivity index (χ2n) is 7.47. The van der Waals surface area contributed by atoms with E-state index in [9.17, 15) is 14.4 Å². The van der Waals surface area contributed by atoms with Crippen molar-refractivity contribution in [2.75, 3.05) is 32.8 Å². The highest BCUT2D eigenvalue weighted by atomic mass is 16.5. The highest BCUT2D eigenvalue weighted by molar-refractivity contribution is 5.89. The summed E-state index contributed by atoms with van der Waals surface area (Å²) in [5.41, 5.74) is 0.934. The molecule has 0 spiro atoms. The highest BCUT2D eigenvalue weighted by Crippen LogP contribution is 2.19. The number of morpholine rings is 1. The zero-order valence-corrected chi connectivity index (χ0v) is 18.7. The molecule has 0 aliphatic carbocycles. The van der Waals surface area contributed by atoms with E-state index in [-0.39, 0.29) is 17.7 Å². The van der Waals surface area contributed by atoms with Crippen LogP contribution in [0.25, 0.3) is 0 Å². The Bertz CT molecular complexity index is 967. The fourth-order valence-electron chi connectivity index (χ4n) is 3.11. The fraction of sp³-hybridized carbons (Fsp3) is 0.391. The van der Waals surface area contributed by atoms with Crippen molar-refractivity contribution in [3.05, 3.63) is 70.5 Å². The van der Waals surface area contributed by atoms with Crippen molar-refractivity contribution >= 4 is 11.9 Å². The Labute approximate surface area is 191 Å². The molecule has 3 rings (SSSR count). The Morgan fingerprint density at radius 2 is 1.67 bits per heavy atom. The summed E-state index contributed by atoms with van der Waals surface area (Å²) in [7, 11) is 0. The van der Waals surface area contributed by atoms with Gasteiger partial charge in [-0.3, -0.25) is 9.69 Å². The SMILES string of the molecule is CC(C)Oc1ccc(=O)n(C(CN2CCOCC2)c2ccccc2)n1.O=C(O)/C=C\C(=O)O. The zero-order chi connectivity index (χ0) is 24.2. The smallest absolute Gasteiger partial charge is 0.328 e. The molecule has 0 bridgehead atoms. The number of carbonyl (C=O) groups is 2. The molecule has 2 heterocycles. The number of benzene rings is 1. The highest BCUT2D eigenvalue weighted by Gasteiger charge is 2.22. The van der Waals surface area contributed by atoms with Gasteiger partial charge >= 0.3 is 11.9 Å². The third-order valence-corrected chi connectivity index (χ3v) is 4.54. The monoisotopic (exact) mass is 459 g/mol. The fourth-order valence-corrected chi connectivity index (χ4v) is 3.11. The van der Waals surface area contributed by atoms with Crippen molar-refractivity contribution in [1.29, 1.82) is 0 Å². The first-order valence-corrected chi connectivity index (χ1v) is 10.5. The van der Waals surface area contributed by atoms with Crippen LogP contribution in [0.2, 0.25) is 0 Å². The van der Waals surface area contributed by atoms with Gasteiger partial charge in [0.05, 0.1) is 25.4 Å². The van der Waals surface area contributed by atoms with Crippen molar-refractivity contribution in [2.24, 2.45) is 0 Å². The third kappa shape index (κ3) is 9.26. The summed E-state index contributed by atoms with van der Waals surface area (Å²) in [6.07, 6.45) is 1.12. The maximum atomic E-state index is 12.5. The lowest BCUT2D eigenvalue weighted by Crippen LogP contribution is -2.42. The van der Waals surface area contributed by atoms with E-state index in [2.05, 4.69) is 10.00 Å². The maximum absolute atomic E-state index is 12.5. The van der Waals surface area contributed by atoms with Gasteiger partial charge in [0.1, 0.15) is 0 Å². The number of aromatic nitrogens is 2. The second kappa shape index (κ2) is 13.1. The predicted octanol–water partition coefficient (Wildman–Crippen LogP) is 1.66. The van der Waals surface area contributed by atoms with Gasteiger partial charge in [-0.05, 0) is 19.4 Å². The first kappa shape index (κ1) is 25.8. The minimum atomic E-state index is -1.26. The summed E-state index contributed by atoms with van der Waals surface area (Å²) < 4.78 is 12.7. The van der Waals surface area contributed by atoms with E-state index in [4.69, 9.17) is 19.7 Å². The summed E-state index contributed by atoms with van der Waals surface area (Å²) >= 11 is 0. The average molecular weight is 459 g/mol. The molecule has 2 N–H and O–H groups in total. The number of carboxylic acids is 2. The molecule has 10 heteroatoms. The quantitative estimate of drug-likeness (QED) is 0.566. The van der Waals surface area contributed by atoms with Gasteiger partial charge in [0, 0.05) is 43.9 Å². The van der Waals surface area contributed by atoms with Gasteiger partial charge in [-0.2, -0.15) is 0 Å². The van der Waals surface area contributed by atoms with Crippen LogP contribution >= 0.6 is 0 Å². The van der Waals surface area contributed by atoms with E-state index in [0.29, 0.717) is 24.6 Å². The lowest BCUT2D eigenvalue weighted by atomic mass is 10.1. The van der Waals surface area contributed by atoms with Gasteiger partial charge in [0.15, 0.2) is 0 Å². The van der Waals surface area contributed by atoms with Crippen molar-refractivity contribution in [3.8, 4) is 5.88 Å². The summed E-state index contributed by atoms with van der Waals surface area (Å²) in [5, 5.41) is 20.1. The molecular formula is C23H29N3O7. The number of ether oxygens (including phenoxy) is 2. The molecule has 0 saturated carbocycles. The second-order valence-corrected chi connectivity index (χ2v) is 7.47.